The Hall–Kier alpha value is -5.34. The Balaban J connectivity index is 0.866. The molecule has 2 aliphatic rings. The summed E-state index contributed by atoms with van der Waals surface area (Å²) in [5, 5.41) is 1.14. The number of aryl methyl sites for hydroxylation is 2. The summed E-state index contributed by atoms with van der Waals surface area (Å²) in [6.45, 7) is 5.06. The molecule has 2 heterocycles. The second kappa shape index (κ2) is 20.9. The highest BCUT2D eigenvalue weighted by Crippen LogP contribution is 2.31. The van der Waals surface area contributed by atoms with Crippen LogP contribution in [0.3, 0.4) is 0 Å². The highest BCUT2D eigenvalue weighted by molar-refractivity contribution is 7.89. The van der Waals surface area contributed by atoms with Gasteiger partial charge in [-0.15, -0.1) is 0 Å². The summed E-state index contributed by atoms with van der Waals surface area (Å²) < 4.78 is 58.5. The highest BCUT2D eigenvalue weighted by Gasteiger charge is 2.36. The van der Waals surface area contributed by atoms with Gasteiger partial charge in [-0.25, -0.2) is 16.8 Å². The summed E-state index contributed by atoms with van der Waals surface area (Å²) in [6, 6.07) is 43.4. The minimum absolute atomic E-state index is 0.0576. The minimum atomic E-state index is -3.80. The molecule has 0 unspecified atom stereocenters. The zero-order chi connectivity index (χ0) is 47.3. The Morgan fingerprint density at radius 2 is 0.761 bits per heavy atom. The molecular weight excluding hydrogens is 924 g/mol. The standard InChI is InChI=1S/C53H54Cl2N4O6S2/c1-38-3-7-42(8-4-38)36-52(60)58(46-19-15-44(54)16-20-46)48-27-31-56(32-28-48)66(62,63)50-23-11-40(12-24-50)35-41-13-25-51(26-14-41)67(64,65)57-33-29-49(30-34-57)59(47-21-17-45(55)18-22-47)53(61)37-43-9-5-39(2)6-10-43/h3-26,48-49H,27-37H2,1-2H3. The molecule has 14 heteroatoms. The molecule has 2 saturated heterocycles. The monoisotopic (exact) mass is 976 g/mol. The van der Waals surface area contributed by atoms with Gasteiger partial charge in [0, 0.05) is 59.7 Å². The molecule has 0 radical (unpaired) electrons. The number of halogens is 2. The first-order valence-corrected chi connectivity index (χ1v) is 26.2. The SMILES string of the molecule is Cc1ccc(CC(=O)N(c2ccc(Cl)cc2)C2CCN(S(=O)(=O)c3ccc(Cc4ccc(S(=O)(=O)N5CCC(N(C(=O)Cc6ccc(C)cc6)c6ccc(Cl)cc6)CC5)cc4)cc3)CC2)cc1. The fourth-order valence-corrected chi connectivity index (χ4v) is 12.2. The van der Waals surface area contributed by atoms with Crippen LogP contribution in [0.5, 0.6) is 0 Å². The van der Waals surface area contributed by atoms with Crippen molar-refractivity contribution in [1.29, 1.82) is 0 Å². The van der Waals surface area contributed by atoms with Gasteiger partial charge in [-0.1, -0.05) is 107 Å². The third-order valence-electron chi connectivity index (χ3n) is 12.8. The lowest BCUT2D eigenvalue weighted by atomic mass is 10.0. The van der Waals surface area contributed by atoms with E-state index in [1.807, 2.05) is 86.6 Å². The van der Waals surface area contributed by atoms with Crippen LogP contribution in [-0.2, 0) is 48.9 Å². The van der Waals surface area contributed by atoms with E-state index in [2.05, 4.69) is 0 Å². The number of amides is 2. The summed E-state index contributed by atoms with van der Waals surface area (Å²) in [7, 11) is -7.61. The van der Waals surface area contributed by atoms with Crippen molar-refractivity contribution < 1.29 is 26.4 Å². The number of anilines is 2. The quantitative estimate of drug-likeness (QED) is 0.107. The fourth-order valence-electron chi connectivity index (χ4n) is 9.03. The van der Waals surface area contributed by atoms with Crippen LogP contribution in [0.15, 0.2) is 155 Å². The van der Waals surface area contributed by atoms with Gasteiger partial charge in [-0.05, 0) is 141 Å². The van der Waals surface area contributed by atoms with Crippen molar-refractivity contribution in [3.05, 3.63) is 189 Å². The number of hydrogen-bond donors (Lipinski definition) is 0. The Labute approximate surface area is 404 Å². The maximum atomic E-state index is 13.9. The zero-order valence-corrected chi connectivity index (χ0v) is 40.7. The molecule has 0 spiro atoms. The molecule has 8 rings (SSSR count). The molecule has 2 fully saturated rings. The summed E-state index contributed by atoms with van der Waals surface area (Å²) in [5.74, 6) is -0.115. The summed E-state index contributed by atoms with van der Waals surface area (Å²) >= 11 is 12.4. The smallest absolute Gasteiger partial charge is 0.243 e. The number of sulfonamides is 2. The van der Waals surface area contributed by atoms with E-state index in [1.165, 1.54) is 8.61 Å². The van der Waals surface area contributed by atoms with Crippen LogP contribution in [0, 0.1) is 13.8 Å². The van der Waals surface area contributed by atoms with E-state index in [0.717, 1.165) is 44.8 Å². The van der Waals surface area contributed by atoms with E-state index in [0.29, 0.717) is 42.1 Å². The topological polar surface area (TPSA) is 115 Å². The number of carbonyl (C=O) groups is 2. The molecule has 348 valence electrons. The first-order chi connectivity index (χ1) is 32.1. The second-order valence-corrected chi connectivity index (χ2v) is 22.3. The third-order valence-corrected chi connectivity index (χ3v) is 17.1. The number of rotatable bonds is 14. The number of piperidine rings is 2. The number of benzene rings is 6. The van der Waals surface area contributed by atoms with E-state index in [-0.39, 0.29) is 72.7 Å². The Kier molecular flexibility index (Phi) is 15.0. The average molecular weight is 978 g/mol. The largest absolute Gasteiger partial charge is 0.309 e. The van der Waals surface area contributed by atoms with Crippen LogP contribution < -0.4 is 9.80 Å². The molecule has 0 bridgehead atoms. The van der Waals surface area contributed by atoms with Gasteiger partial charge < -0.3 is 9.80 Å². The average Bonchev–Trinajstić information content (AvgIpc) is 3.33. The van der Waals surface area contributed by atoms with E-state index in [4.69, 9.17) is 23.2 Å². The second-order valence-electron chi connectivity index (χ2n) is 17.5. The molecule has 6 aromatic rings. The molecule has 6 aromatic carbocycles. The van der Waals surface area contributed by atoms with Gasteiger partial charge in [0.2, 0.25) is 31.9 Å². The first-order valence-electron chi connectivity index (χ1n) is 22.6. The van der Waals surface area contributed by atoms with Crippen molar-refractivity contribution in [1.82, 2.24) is 8.61 Å². The van der Waals surface area contributed by atoms with E-state index in [9.17, 15) is 26.4 Å². The lowest BCUT2D eigenvalue weighted by molar-refractivity contribution is -0.119. The number of carbonyl (C=O) groups excluding carboxylic acids is 2. The molecule has 0 saturated carbocycles. The molecule has 0 N–H and O–H groups in total. The fraction of sp³-hybridized carbons (Fsp3) is 0.283. The molecule has 0 atom stereocenters. The predicted molar refractivity (Wildman–Crippen MR) is 267 cm³/mol. The van der Waals surface area contributed by atoms with Gasteiger partial charge >= 0.3 is 0 Å². The van der Waals surface area contributed by atoms with Crippen molar-refractivity contribution in [2.45, 2.75) is 80.7 Å². The molecule has 0 aliphatic carbocycles. The third kappa shape index (κ3) is 11.5. The van der Waals surface area contributed by atoms with Crippen LogP contribution in [0.4, 0.5) is 11.4 Å². The summed E-state index contributed by atoms with van der Waals surface area (Å²) in [4.78, 5) is 31.6. The predicted octanol–water partition coefficient (Wildman–Crippen LogP) is 10.1. The van der Waals surface area contributed by atoms with E-state index < -0.39 is 20.0 Å². The highest BCUT2D eigenvalue weighted by atomic mass is 35.5. The zero-order valence-electron chi connectivity index (χ0n) is 37.6. The molecule has 2 aliphatic heterocycles. The van der Waals surface area contributed by atoms with Crippen molar-refractivity contribution in [3.8, 4) is 0 Å². The van der Waals surface area contributed by atoms with Gasteiger partial charge in [-0.2, -0.15) is 8.61 Å². The molecule has 67 heavy (non-hydrogen) atoms. The van der Waals surface area contributed by atoms with Crippen LogP contribution >= 0.6 is 23.2 Å². The van der Waals surface area contributed by atoms with Gasteiger partial charge in [0.05, 0.1) is 22.6 Å². The van der Waals surface area contributed by atoms with Gasteiger partial charge in [0.25, 0.3) is 0 Å². The van der Waals surface area contributed by atoms with Crippen molar-refractivity contribution in [3.63, 3.8) is 0 Å². The maximum absolute atomic E-state index is 13.9. The molecule has 2 amide bonds. The number of nitrogens with zero attached hydrogens (tertiary/aromatic N) is 4. The van der Waals surface area contributed by atoms with E-state index in [1.54, 1.807) is 82.6 Å². The molecule has 0 aromatic heterocycles. The Morgan fingerprint density at radius 3 is 1.07 bits per heavy atom. The maximum Gasteiger partial charge on any atom is 0.243 e. The van der Waals surface area contributed by atoms with Gasteiger partial charge in [0.15, 0.2) is 0 Å². The normalized spacial score (nSPS) is 15.6. The van der Waals surface area contributed by atoms with E-state index >= 15 is 0 Å². The lowest BCUT2D eigenvalue weighted by Gasteiger charge is -2.38. The van der Waals surface area contributed by atoms with Crippen molar-refractivity contribution >= 4 is 66.4 Å². The summed E-state index contributed by atoms with van der Waals surface area (Å²) in [6.07, 6.45) is 2.83. The Morgan fingerprint density at radius 1 is 0.463 bits per heavy atom. The molecular formula is C53H54Cl2N4O6S2. The lowest BCUT2D eigenvalue weighted by Crippen LogP contribution is -2.49. The van der Waals surface area contributed by atoms with Crippen LogP contribution in [0.2, 0.25) is 10.0 Å². The first kappa shape index (κ1) is 48.1. The van der Waals surface area contributed by atoms with Crippen LogP contribution in [-0.4, -0.2) is 75.5 Å². The van der Waals surface area contributed by atoms with Crippen molar-refractivity contribution in [2.75, 3.05) is 36.0 Å². The number of hydrogen-bond acceptors (Lipinski definition) is 6. The Bertz CT molecular complexity index is 2680. The van der Waals surface area contributed by atoms with Crippen LogP contribution in [0.1, 0.15) is 59.1 Å². The minimum Gasteiger partial charge on any atom is -0.309 e. The summed E-state index contributed by atoms with van der Waals surface area (Å²) in [5.41, 5.74) is 7.27. The van der Waals surface area contributed by atoms with Crippen LogP contribution in [0.25, 0.3) is 0 Å². The van der Waals surface area contributed by atoms with Gasteiger partial charge in [-0.3, -0.25) is 9.59 Å². The van der Waals surface area contributed by atoms with Gasteiger partial charge in [0.1, 0.15) is 0 Å². The molecule has 10 nitrogen and oxygen atoms in total. The van der Waals surface area contributed by atoms with Crippen molar-refractivity contribution in [2.24, 2.45) is 0 Å².